The van der Waals surface area contributed by atoms with Crippen LogP contribution in [0, 0.1) is 12.8 Å². The zero-order valence-corrected chi connectivity index (χ0v) is 24.5. The van der Waals surface area contributed by atoms with Gasteiger partial charge in [-0.05, 0) is 80.8 Å². The summed E-state index contributed by atoms with van der Waals surface area (Å²) in [5.41, 5.74) is 17.1. The van der Waals surface area contributed by atoms with E-state index in [2.05, 4.69) is 146 Å². The van der Waals surface area contributed by atoms with Crippen molar-refractivity contribution in [1.82, 2.24) is 0 Å². The van der Waals surface area contributed by atoms with E-state index in [1.807, 2.05) is 0 Å². The quantitative estimate of drug-likeness (QED) is 0.257. The topological polar surface area (TPSA) is 0 Å². The van der Waals surface area contributed by atoms with Gasteiger partial charge in [-0.2, -0.15) is 0 Å². The molecule has 0 aromatic heterocycles. The molecule has 0 saturated heterocycles. The maximum Gasteiger partial charge on any atom is 0.0167 e. The van der Waals surface area contributed by atoms with Crippen molar-refractivity contribution in [3.8, 4) is 22.3 Å². The monoisotopic (exact) mass is 508 g/mol. The van der Waals surface area contributed by atoms with Crippen LogP contribution in [0.4, 0.5) is 0 Å². The highest BCUT2D eigenvalue weighted by molar-refractivity contribution is 5.86. The lowest BCUT2D eigenvalue weighted by Crippen LogP contribution is -2.15. The highest BCUT2D eigenvalue weighted by atomic mass is 14.4. The lowest BCUT2D eigenvalue weighted by atomic mass is 9.73. The van der Waals surface area contributed by atoms with Crippen molar-refractivity contribution in [1.29, 1.82) is 0 Å². The van der Waals surface area contributed by atoms with Gasteiger partial charge in [-0.3, -0.25) is 0 Å². The molecule has 196 valence electrons. The Balaban J connectivity index is 1.53. The van der Waals surface area contributed by atoms with Crippen molar-refractivity contribution in [2.75, 3.05) is 0 Å². The number of rotatable bonds is 4. The third-order valence-corrected chi connectivity index (χ3v) is 8.97. The molecular weight excluding hydrogens is 468 g/mol. The van der Waals surface area contributed by atoms with E-state index in [9.17, 15) is 0 Å². The average Bonchev–Trinajstić information content (AvgIpc) is 3.47. The minimum Gasteiger partial charge on any atom is -0.0642 e. The Hall–Kier alpha value is -3.64. The minimum absolute atomic E-state index is 0.148. The van der Waals surface area contributed by atoms with Gasteiger partial charge in [-0.25, -0.2) is 0 Å². The van der Waals surface area contributed by atoms with Gasteiger partial charge < -0.3 is 0 Å². The fourth-order valence-corrected chi connectivity index (χ4v) is 6.87. The van der Waals surface area contributed by atoms with E-state index in [-0.39, 0.29) is 5.41 Å². The summed E-state index contributed by atoms with van der Waals surface area (Å²) in [6.07, 6.45) is 4.99. The smallest absolute Gasteiger partial charge is 0.0167 e. The number of hydrogen-bond donors (Lipinski definition) is 0. The van der Waals surface area contributed by atoms with Crippen molar-refractivity contribution >= 4 is 12.2 Å². The van der Waals surface area contributed by atoms with E-state index in [1.165, 1.54) is 61.2 Å². The first-order valence-electron chi connectivity index (χ1n) is 14.5. The van der Waals surface area contributed by atoms with Crippen molar-refractivity contribution in [3.63, 3.8) is 0 Å². The third kappa shape index (κ3) is 4.31. The van der Waals surface area contributed by atoms with E-state index in [4.69, 9.17) is 0 Å². The zero-order chi connectivity index (χ0) is 27.5. The summed E-state index contributed by atoms with van der Waals surface area (Å²) in [5, 5.41) is 0. The number of aryl methyl sites for hydroxylation is 1. The molecule has 0 heteroatoms. The van der Waals surface area contributed by atoms with E-state index in [0.29, 0.717) is 17.8 Å². The molecule has 2 aliphatic rings. The molecular formula is C39H40. The molecule has 0 amide bonds. The van der Waals surface area contributed by atoms with Gasteiger partial charge >= 0.3 is 0 Å². The van der Waals surface area contributed by atoms with Crippen molar-refractivity contribution < 1.29 is 0 Å². The van der Waals surface area contributed by atoms with Crippen molar-refractivity contribution in [3.05, 3.63) is 129 Å². The third-order valence-electron chi connectivity index (χ3n) is 8.97. The summed E-state index contributed by atoms with van der Waals surface area (Å²) >= 11 is 0. The first-order chi connectivity index (χ1) is 18.6. The highest BCUT2D eigenvalue weighted by Gasteiger charge is 2.40. The van der Waals surface area contributed by atoms with Gasteiger partial charge in [0.2, 0.25) is 0 Å². The standard InChI is InChI=1S/C39H40/c1-24(2)33-23-35-30(27-12-9-8-10-13-27)14-11-15-32(35)38(33)36-26(4)22-34-25(3)16-21-31(37(34)36)28-17-19-29(20-18-28)39(5,6)7/h8-24,36,38H,1-7H3. The summed E-state index contributed by atoms with van der Waals surface area (Å²) in [5.74, 6) is 1.15. The number of fused-ring (bicyclic) bond motifs is 2. The van der Waals surface area contributed by atoms with Crippen LogP contribution < -0.4 is 0 Å². The summed E-state index contributed by atoms with van der Waals surface area (Å²) < 4.78 is 0. The van der Waals surface area contributed by atoms with Gasteiger partial charge in [0.15, 0.2) is 0 Å². The Morgan fingerprint density at radius 1 is 0.615 bits per heavy atom. The van der Waals surface area contributed by atoms with Gasteiger partial charge in [0, 0.05) is 11.8 Å². The van der Waals surface area contributed by atoms with Crippen LogP contribution in [0.2, 0.25) is 0 Å². The molecule has 0 saturated carbocycles. The molecule has 0 nitrogen and oxygen atoms in total. The molecule has 0 N–H and O–H groups in total. The van der Waals surface area contributed by atoms with Crippen LogP contribution in [-0.4, -0.2) is 0 Å². The molecule has 2 unspecified atom stereocenters. The van der Waals surface area contributed by atoms with Gasteiger partial charge in [-0.1, -0.05) is 143 Å². The Morgan fingerprint density at radius 2 is 1.31 bits per heavy atom. The van der Waals surface area contributed by atoms with Gasteiger partial charge in [0.05, 0.1) is 0 Å². The fourth-order valence-electron chi connectivity index (χ4n) is 6.87. The zero-order valence-electron chi connectivity index (χ0n) is 24.5. The maximum absolute atomic E-state index is 2.52. The van der Waals surface area contributed by atoms with Crippen molar-refractivity contribution in [2.24, 2.45) is 5.92 Å². The molecule has 2 atom stereocenters. The lowest BCUT2D eigenvalue weighted by Gasteiger charge is -2.30. The van der Waals surface area contributed by atoms with Crippen LogP contribution in [0.5, 0.6) is 0 Å². The molecule has 0 bridgehead atoms. The molecule has 0 heterocycles. The molecule has 2 aliphatic carbocycles. The normalized spacial score (nSPS) is 18.2. The highest BCUT2D eigenvalue weighted by Crippen LogP contribution is 2.57. The molecule has 6 rings (SSSR count). The van der Waals surface area contributed by atoms with Gasteiger partial charge in [0.25, 0.3) is 0 Å². The Morgan fingerprint density at radius 3 is 1.97 bits per heavy atom. The maximum atomic E-state index is 2.52. The van der Waals surface area contributed by atoms with E-state index >= 15 is 0 Å². The minimum atomic E-state index is 0.148. The average molecular weight is 509 g/mol. The fraction of sp³-hybridized carbons (Fsp3) is 0.282. The Labute approximate surface area is 235 Å². The van der Waals surface area contributed by atoms with Crippen LogP contribution in [-0.2, 0) is 5.41 Å². The second-order valence-electron chi connectivity index (χ2n) is 12.9. The van der Waals surface area contributed by atoms with E-state index in [0.717, 1.165) is 0 Å². The van der Waals surface area contributed by atoms with Crippen LogP contribution in [0.3, 0.4) is 0 Å². The number of allylic oxidation sites excluding steroid dienone is 2. The summed E-state index contributed by atoms with van der Waals surface area (Å²) in [6, 6.07) is 31.8. The SMILES string of the molecule is CC1=Cc2c(C)ccc(-c3ccc(C(C)(C)C)cc3)c2C1C1C(C(C)C)=Cc2c(-c3ccccc3)cccc21. The number of benzene rings is 4. The molecule has 0 spiro atoms. The van der Waals surface area contributed by atoms with Crippen LogP contribution in [0.1, 0.15) is 86.8 Å². The first-order valence-corrected chi connectivity index (χ1v) is 14.5. The summed E-state index contributed by atoms with van der Waals surface area (Å²) in [6.45, 7) is 16.2. The number of hydrogen-bond acceptors (Lipinski definition) is 0. The molecule has 39 heavy (non-hydrogen) atoms. The summed E-state index contributed by atoms with van der Waals surface area (Å²) in [4.78, 5) is 0. The Bertz CT molecular complexity index is 1600. The van der Waals surface area contributed by atoms with Crippen molar-refractivity contribution in [2.45, 2.75) is 65.7 Å². The predicted molar refractivity (Wildman–Crippen MR) is 169 cm³/mol. The Kier molecular flexibility index (Phi) is 6.26. The second-order valence-corrected chi connectivity index (χ2v) is 12.9. The van der Waals surface area contributed by atoms with Crippen LogP contribution >= 0.6 is 0 Å². The van der Waals surface area contributed by atoms with E-state index < -0.39 is 0 Å². The largest absolute Gasteiger partial charge is 0.0642 e. The van der Waals surface area contributed by atoms with Gasteiger partial charge in [-0.15, -0.1) is 0 Å². The molecule has 4 aromatic carbocycles. The lowest BCUT2D eigenvalue weighted by molar-refractivity contribution is 0.590. The molecule has 0 radical (unpaired) electrons. The molecule has 0 fully saturated rings. The predicted octanol–water partition coefficient (Wildman–Crippen LogP) is 11.0. The van der Waals surface area contributed by atoms with Crippen LogP contribution in [0.15, 0.2) is 96.1 Å². The second kappa shape index (κ2) is 9.53. The summed E-state index contributed by atoms with van der Waals surface area (Å²) in [7, 11) is 0. The first kappa shape index (κ1) is 25.6. The molecule has 0 aliphatic heterocycles. The molecule has 4 aromatic rings. The van der Waals surface area contributed by atoms with Crippen LogP contribution in [0.25, 0.3) is 34.4 Å². The van der Waals surface area contributed by atoms with E-state index in [1.54, 1.807) is 5.57 Å². The van der Waals surface area contributed by atoms with Gasteiger partial charge in [0.1, 0.15) is 0 Å².